The molecule has 0 fully saturated rings. The van der Waals surface area contributed by atoms with Crippen molar-refractivity contribution >= 4 is 22.9 Å². The number of hydrogen-bond donors (Lipinski definition) is 1. The number of thiophene rings is 1. The molecule has 0 unspecified atom stereocenters. The number of nitrogens with one attached hydrogen (secondary N) is 1. The summed E-state index contributed by atoms with van der Waals surface area (Å²) < 4.78 is 0. The first-order valence-electron chi connectivity index (χ1n) is 6.58. The molecule has 3 aromatic rings. The second kappa shape index (κ2) is 6.20. The van der Waals surface area contributed by atoms with Crippen LogP contribution in [0.4, 0.5) is 5.69 Å². The Morgan fingerprint density at radius 3 is 2.45 bits per heavy atom. The summed E-state index contributed by atoms with van der Waals surface area (Å²) in [5, 5.41) is 11.6. The smallest absolute Gasteiger partial charge is 0.265 e. The molecule has 1 N–H and O–H groups in total. The van der Waals surface area contributed by atoms with E-state index in [1.807, 2.05) is 18.2 Å². The Balaban J connectivity index is 1.78. The van der Waals surface area contributed by atoms with Crippen molar-refractivity contribution < 1.29 is 4.79 Å². The second-order valence-corrected chi connectivity index (χ2v) is 5.63. The van der Waals surface area contributed by atoms with Crippen molar-refractivity contribution in [3.05, 3.63) is 71.4 Å². The molecule has 0 saturated heterocycles. The molecule has 0 saturated carbocycles. The van der Waals surface area contributed by atoms with E-state index in [2.05, 4.69) is 16.4 Å². The number of nitriles is 1. The monoisotopic (exact) mass is 305 g/mol. The Hall–Kier alpha value is -2.97. The Morgan fingerprint density at radius 2 is 1.77 bits per heavy atom. The van der Waals surface area contributed by atoms with Crippen LogP contribution in [0.25, 0.3) is 10.4 Å². The molecule has 22 heavy (non-hydrogen) atoms. The predicted octanol–water partition coefficient (Wildman–Crippen LogP) is 3.93. The molecule has 2 heterocycles. The van der Waals surface area contributed by atoms with Crippen LogP contribution in [0.1, 0.15) is 15.2 Å². The van der Waals surface area contributed by atoms with E-state index in [0.29, 0.717) is 16.1 Å². The van der Waals surface area contributed by atoms with Gasteiger partial charge in [0.25, 0.3) is 5.91 Å². The lowest BCUT2D eigenvalue weighted by Crippen LogP contribution is -2.09. The summed E-state index contributed by atoms with van der Waals surface area (Å²) in [6.07, 6.45) is 3.26. The number of anilines is 1. The van der Waals surface area contributed by atoms with Crippen molar-refractivity contribution in [1.82, 2.24) is 4.98 Å². The van der Waals surface area contributed by atoms with Crippen LogP contribution in [0, 0.1) is 11.3 Å². The highest BCUT2D eigenvalue weighted by atomic mass is 32.1. The number of hydrogen-bond acceptors (Lipinski definition) is 4. The number of aromatic nitrogens is 1. The van der Waals surface area contributed by atoms with Crippen LogP contribution in [0.5, 0.6) is 0 Å². The maximum Gasteiger partial charge on any atom is 0.265 e. The summed E-state index contributed by atoms with van der Waals surface area (Å²) in [4.78, 5) is 17.7. The van der Waals surface area contributed by atoms with Gasteiger partial charge in [-0.3, -0.25) is 9.78 Å². The molecule has 0 aliphatic heterocycles. The molecule has 0 radical (unpaired) electrons. The summed E-state index contributed by atoms with van der Waals surface area (Å²) in [6.45, 7) is 0. The summed E-state index contributed by atoms with van der Waals surface area (Å²) in [5.74, 6) is -0.143. The van der Waals surface area contributed by atoms with Crippen molar-refractivity contribution in [1.29, 1.82) is 5.26 Å². The molecule has 106 valence electrons. The minimum absolute atomic E-state index is 0.143. The second-order valence-electron chi connectivity index (χ2n) is 4.54. The van der Waals surface area contributed by atoms with Crippen LogP contribution in [0.15, 0.2) is 60.9 Å². The minimum atomic E-state index is -0.143. The molecule has 0 spiro atoms. The number of benzene rings is 1. The van der Waals surface area contributed by atoms with Gasteiger partial charge in [-0.1, -0.05) is 12.1 Å². The van der Waals surface area contributed by atoms with Crippen LogP contribution in [-0.4, -0.2) is 10.9 Å². The lowest BCUT2D eigenvalue weighted by Gasteiger charge is -2.02. The van der Waals surface area contributed by atoms with Gasteiger partial charge in [0, 0.05) is 23.0 Å². The van der Waals surface area contributed by atoms with E-state index in [1.165, 1.54) is 11.3 Å². The topological polar surface area (TPSA) is 65.8 Å². The van der Waals surface area contributed by atoms with Crippen LogP contribution in [-0.2, 0) is 0 Å². The van der Waals surface area contributed by atoms with E-state index >= 15 is 0 Å². The first-order valence-corrected chi connectivity index (χ1v) is 7.39. The molecular formula is C17H11N3OS. The molecule has 0 aliphatic carbocycles. The molecule has 1 amide bonds. The average Bonchev–Trinajstić information content (AvgIpc) is 3.06. The Bertz CT molecular complexity index is 832. The number of amides is 1. The molecule has 1 aromatic carbocycles. The lowest BCUT2D eigenvalue weighted by molar-refractivity contribution is 0.103. The maximum atomic E-state index is 12.2. The van der Waals surface area contributed by atoms with Crippen molar-refractivity contribution in [2.45, 2.75) is 0 Å². The summed E-state index contributed by atoms with van der Waals surface area (Å²) in [6, 6.07) is 16.6. The maximum absolute atomic E-state index is 12.2. The summed E-state index contributed by atoms with van der Waals surface area (Å²) >= 11 is 1.42. The number of pyridine rings is 1. The third kappa shape index (κ3) is 3.03. The van der Waals surface area contributed by atoms with Gasteiger partial charge in [0.1, 0.15) is 0 Å². The molecule has 2 aromatic heterocycles. The highest BCUT2D eigenvalue weighted by Gasteiger charge is 2.10. The fraction of sp³-hybridized carbons (Fsp3) is 0. The summed E-state index contributed by atoms with van der Waals surface area (Å²) in [7, 11) is 0. The third-order valence-corrected chi connectivity index (χ3v) is 4.20. The standard InChI is InChI=1S/C17H11N3OS/c18-11-12-1-3-13(4-2-12)15-5-6-16(22-15)17(21)20-14-7-9-19-10-8-14/h1-10H,(H,19,20,21). The molecular weight excluding hydrogens is 294 g/mol. The van der Waals surface area contributed by atoms with Gasteiger partial charge in [0.15, 0.2) is 0 Å². The number of rotatable bonds is 3. The zero-order valence-corrected chi connectivity index (χ0v) is 12.3. The van der Waals surface area contributed by atoms with Crippen LogP contribution in [0.2, 0.25) is 0 Å². The van der Waals surface area contributed by atoms with E-state index in [1.54, 1.807) is 42.7 Å². The molecule has 5 heteroatoms. The van der Waals surface area contributed by atoms with Gasteiger partial charge in [0.2, 0.25) is 0 Å². The Kier molecular flexibility index (Phi) is 3.95. The van der Waals surface area contributed by atoms with Gasteiger partial charge < -0.3 is 5.32 Å². The van der Waals surface area contributed by atoms with Crippen LogP contribution < -0.4 is 5.32 Å². The minimum Gasteiger partial charge on any atom is -0.321 e. The van der Waals surface area contributed by atoms with Crippen molar-refractivity contribution in [2.24, 2.45) is 0 Å². The van der Waals surface area contributed by atoms with Gasteiger partial charge in [-0.25, -0.2) is 0 Å². The first kappa shape index (κ1) is 14.0. The fourth-order valence-corrected chi connectivity index (χ4v) is 2.86. The molecule has 0 bridgehead atoms. The van der Waals surface area contributed by atoms with E-state index < -0.39 is 0 Å². The van der Waals surface area contributed by atoms with Gasteiger partial charge in [-0.2, -0.15) is 5.26 Å². The van der Waals surface area contributed by atoms with Crippen molar-refractivity contribution in [3.63, 3.8) is 0 Å². The zero-order valence-electron chi connectivity index (χ0n) is 11.5. The van der Waals surface area contributed by atoms with Crippen molar-refractivity contribution in [3.8, 4) is 16.5 Å². The number of nitrogens with zero attached hydrogens (tertiary/aromatic N) is 2. The van der Waals surface area contributed by atoms with E-state index in [4.69, 9.17) is 5.26 Å². The highest BCUT2D eigenvalue weighted by molar-refractivity contribution is 7.17. The molecule has 4 nitrogen and oxygen atoms in total. The Labute approximate surface area is 131 Å². The molecule has 0 aliphatic rings. The fourth-order valence-electron chi connectivity index (χ4n) is 1.95. The van der Waals surface area contributed by atoms with Crippen molar-refractivity contribution in [2.75, 3.05) is 5.32 Å². The quantitative estimate of drug-likeness (QED) is 0.797. The third-order valence-electron chi connectivity index (χ3n) is 3.07. The van der Waals surface area contributed by atoms with Gasteiger partial charge >= 0.3 is 0 Å². The number of carbonyl (C=O) groups is 1. The summed E-state index contributed by atoms with van der Waals surface area (Å²) in [5.41, 5.74) is 2.33. The predicted molar refractivity (Wildman–Crippen MR) is 86.7 cm³/mol. The highest BCUT2D eigenvalue weighted by Crippen LogP contribution is 2.28. The van der Waals surface area contributed by atoms with E-state index in [0.717, 1.165) is 10.4 Å². The first-order chi connectivity index (χ1) is 10.8. The van der Waals surface area contributed by atoms with E-state index in [9.17, 15) is 4.79 Å². The SMILES string of the molecule is N#Cc1ccc(-c2ccc(C(=O)Nc3ccncc3)s2)cc1. The number of carbonyl (C=O) groups excluding carboxylic acids is 1. The van der Waals surface area contributed by atoms with Gasteiger partial charge in [-0.15, -0.1) is 11.3 Å². The lowest BCUT2D eigenvalue weighted by atomic mass is 10.1. The van der Waals surface area contributed by atoms with Crippen LogP contribution >= 0.6 is 11.3 Å². The zero-order chi connectivity index (χ0) is 15.4. The molecule has 3 rings (SSSR count). The van der Waals surface area contributed by atoms with Gasteiger partial charge in [0.05, 0.1) is 16.5 Å². The Morgan fingerprint density at radius 1 is 1.05 bits per heavy atom. The normalized spacial score (nSPS) is 9.95. The van der Waals surface area contributed by atoms with E-state index in [-0.39, 0.29) is 5.91 Å². The van der Waals surface area contributed by atoms with Crippen LogP contribution in [0.3, 0.4) is 0 Å². The average molecular weight is 305 g/mol. The largest absolute Gasteiger partial charge is 0.321 e. The molecule has 0 atom stereocenters. The van der Waals surface area contributed by atoms with Gasteiger partial charge in [-0.05, 0) is 42.0 Å².